The first kappa shape index (κ1) is 22.8. The number of ether oxygens (including phenoxy) is 1. The lowest BCUT2D eigenvalue weighted by atomic mass is 9.50. The Labute approximate surface area is 213 Å². The summed E-state index contributed by atoms with van der Waals surface area (Å²) >= 11 is 6.62. The highest BCUT2D eigenvalue weighted by Gasteiger charge is 2.59. The summed E-state index contributed by atoms with van der Waals surface area (Å²) in [6.07, 6.45) is 6.26. The maximum atomic E-state index is 15.4. The van der Waals surface area contributed by atoms with E-state index >= 15 is 4.39 Å². The van der Waals surface area contributed by atoms with Crippen molar-refractivity contribution < 1.29 is 14.2 Å². The molecule has 4 heterocycles. The minimum absolute atomic E-state index is 0.139. The summed E-state index contributed by atoms with van der Waals surface area (Å²) < 4.78 is 22.9. The molecule has 1 aromatic carbocycles. The van der Waals surface area contributed by atoms with Gasteiger partial charge in [0.05, 0.1) is 54.0 Å². The second-order valence-electron chi connectivity index (χ2n) is 11.1. The summed E-state index contributed by atoms with van der Waals surface area (Å²) in [5.74, 6) is 1.05. The molecule has 2 aromatic heterocycles. The quantitative estimate of drug-likeness (QED) is 0.535. The summed E-state index contributed by atoms with van der Waals surface area (Å²) in [5, 5.41) is 19.5. The molecule has 8 rings (SSSR count). The first-order valence-corrected chi connectivity index (χ1v) is 13.2. The van der Waals surface area contributed by atoms with E-state index in [-0.39, 0.29) is 24.0 Å². The van der Waals surface area contributed by atoms with E-state index in [2.05, 4.69) is 27.0 Å². The highest BCUT2D eigenvalue weighted by Crippen LogP contribution is 2.62. The molecule has 36 heavy (non-hydrogen) atoms. The molecule has 3 saturated carbocycles. The predicted octanol–water partition coefficient (Wildman–Crippen LogP) is 3.93. The van der Waals surface area contributed by atoms with Gasteiger partial charge in [0.15, 0.2) is 0 Å². The van der Waals surface area contributed by atoms with Crippen LogP contribution >= 0.6 is 11.6 Å². The van der Waals surface area contributed by atoms with E-state index in [1.54, 1.807) is 6.20 Å². The number of alkyl halides is 1. The van der Waals surface area contributed by atoms with Gasteiger partial charge < -0.3 is 15.2 Å². The predicted molar refractivity (Wildman–Crippen MR) is 135 cm³/mol. The van der Waals surface area contributed by atoms with Crippen LogP contribution < -0.4 is 5.32 Å². The van der Waals surface area contributed by atoms with Gasteiger partial charge in [-0.15, -0.1) is 0 Å². The molecule has 4 atom stereocenters. The van der Waals surface area contributed by atoms with E-state index in [4.69, 9.17) is 21.3 Å². The third kappa shape index (κ3) is 3.55. The second kappa shape index (κ2) is 8.34. The minimum Gasteiger partial charge on any atom is -0.389 e. The van der Waals surface area contributed by atoms with Gasteiger partial charge in [0.25, 0.3) is 0 Å². The van der Waals surface area contributed by atoms with E-state index in [1.165, 1.54) is 19.3 Å². The third-order valence-corrected chi connectivity index (χ3v) is 9.20. The topological polar surface area (TPSA) is 88.3 Å². The first-order chi connectivity index (χ1) is 17.4. The largest absolute Gasteiger partial charge is 0.389 e. The maximum Gasteiger partial charge on any atom is 0.227 e. The SMILES string of the molecule is Cc1c(Nc2ncc3cc(Cl)c(C4CCN([C@@H]5COCC5O)CC4F)cc3n2)cnn1C12CC(C1)C2. The highest BCUT2D eigenvalue weighted by atomic mass is 35.5. The van der Waals surface area contributed by atoms with Crippen LogP contribution in [-0.4, -0.2) is 74.4 Å². The number of hydrogen-bond donors (Lipinski definition) is 2. The number of likely N-dealkylation sites (tertiary alicyclic amines) is 1. The van der Waals surface area contributed by atoms with Crippen LogP contribution in [0.15, 0.2) is 24.5 Å². The number of fused-ring (bicyclic) bond motifs is 1. The van der Waals surface area contributed by atoms with Crippen LogP contribution in [0.3, 0.4) is 0 Å². The zero-order valence-corrected chi connectivity index (χ0v) is 21.0. The Balaban J connectivity index is 1.12. The summed E-state index contributed by atoms with van der Waals surface area (Å²) in [6.45, 7) is 3.79. The molecule has 10 heteroatoms. The Morgan fingerprint density at radius 1 is 1.22 bits per heavy atom. The van der Waals surface area contributed by atoms with Gasteiger partial charge in [0, 0.05) is 29.1 Å². The number of anilines is 2. The molecule has 3 aromatic rings. The van der Waals surface area contributed by atoms with E-state index in [0.29, 0.717) is 37.2 Å². The van der Waals surface area contributed by atoms with Crippen molar-refractivity contribution in [2.24, 2.45) is 5.92 Å². The van der Waals surface area contributed by atoms with E-state index in [9.17, 15) is 5.11 Å². The lowest BCUT2D eigenvalue weighted by molar-refractivity contribution is -0.0990. The molecule has 5 aliphatic rings. The molecule has 3 unspecified atom stereocenters. The van der Waals surface area contributed by atoms with Gasteiger partial charge in [-0.1, -0.05) is 11.6 Å². The maximum absolute atomic E-state index is 15.4. The Bertz CT molecular complexity index is 1320. The monoisotopic (exact) mass is 512 g/mol. The Morgan fingerprint density at radius 2 is 2.06 bits per heavy atom. The fraction of sp³-hybridized carbons (Fsp3) is 0.577. The van der Waals surface area contributed by atoms with E-state index < -0.39 is 12.3 Å². The van der Waals surface area contributed by atoms with Crippen LogP contribution in [0.1, 0.15) is 42.9 Å². The van der Waals surface area contributed by atoms with E-state index in [0.717, 1.165) is 33.8 Å². The van der Waals surface area contributed by atoms with Gasteiger partial charge in [-0.3, -0.25) is 9.58 Å². The number of nitrogens with one attached hydrogen (secondary N) is 1. The number of aliphatic hydroxyl groups excluding tert-OH is 1. The molecule has 8 nitrogen and oxygen atoms in total. The number of nitrogens with zero attached hydrogens (tertiary/aromatic N) is 5. The molecule has 2 saturated heterocycles. The molecular weight excluding hydrogens is 483 g/mol. The van der Waals surface area contributed by atoms with Crippen molar-refractivity contribution in [1.82, 2.24) is 24.6 Å². The Kier molecular flexibility index (Phi) is 5.29. The molecule has 2 bridgehead atoms. The van der Waals surface area contributed by atoms with Crippen LogP contribution in [-0.2, 0) is 10.3 Å². The van der Waals surface area contributed by atoms with Gasteiger partial charge in [0.2, 0.25) is 5.95 Å². The molecule has 0 spiro atoms. The van der Waals surface area contributed by atoms with Gasteiger partial charge in [-0.05, 0) is 62.8 Å². The highest BCUT2D eigenvalue weighted by molar-refractivity contribution is 6.32. The smallest absolute Gasteiger partial charge is 0.227 e. The molecule has 0 amide bonds. The van der Waals surface area contributed by atoms with Crippen LogP contribution in [0.25, 0.3) is 10.9 Å². The van der Waals surface area contributed by atoms with Crippen LogP contribution in [0.2, 0.25) is 5.02 Å². The van der Waals surface area contributed by atoms with Gasteiger partial charge in [-0.25, -0.2) is 14.4 Å². The number of benzene rings is 1. The van der Waals surface area contributed by atoms with Crippen molar-refractivity contribution in [3.05, 3.63) is 40.8 Å². The number of aliphatic hydroxyl groups is 1. The number of piperidine rings is 1. The first-order valence-electron chi connectivity index (χ1n) is 12.8. The molecule has 2 aliphatic heterocycles. The number of halogens is 2. The van der Waals surface area contributed by atoms with Crippen molar-refractivity contribution in [2.75, 3.05) is 31.6 Å². The minimum atomic E-state index is -1.09. The fourth-order valence-corrected chi connectivity index (χ4v) is 7.01. The fourth-order valence-electron chi connectivity index (χ4n) is 6.70. The van der Waals surface area contributed by atoms with E-state index in [1.807, 2.05) is 23.2 Å². The van der Waals surface area contributed by atoms with Crippen molar-refractivity contribution in [1.29, 1.82) is 0 Å². The van der Waals surface area contributed by atoms with Crippen molar-refractivity contribution >= 4 is 34.1 Å². The number of aromatic nitrogens is 4. The van der Waals surface area contributed by atoms with Gasteiger partial charge in [-0.2, -0.15) is 5.10 Å². The summed E-state index contributed by atoms with van der Waals surface area (Å²) in [7, 11) is 0. The van der Waals surface area contributed by atoms with Crippen LogP contribution in [0.5, 0.6) is 0 Å². The normalized spacial score (nSPS) is 33.9. The standard InChI is InChI=1S/C26H30ClFN6O2/c1-14-22(10-30-34(14)26-6-15(7-26)8-26)32-25-29-9-16-4-19(27)18(5-21(16)31-25)17-2-3-33(11-20(17)28)23-12-36-13-24(23)35/h4-5,9-10,15,17,20,23-24,35H,2-3,6-8,11-13H2,1H3,(H,29,31,32)/t15?,17?,20?,23-,24?,26?/m1/s1. The van der Waals surface area contributed by atoms with Gasteiger partial charge in [0.1, 0.15) is 6.17 Å². The van der Waals surface area contributed by atoms with Gasteiger partial charge >= 0.3 is 0 Å². The second-order valence-corrected chi connectivity index (χ2v) is 11.5. The third-order valence-electron chi connectivity index (χ3n) is 8.87. The average molecular weight is 513 g/mol. The average Bonchev–Trinajstić information content (AvgIpc) is 3.38. The Hall–Kier alpha value is -2.33. The molecule has 2 N–H and O–H groups in total. The van der Waals surface area contributed by atoms with Crippen molar-refractivity contribution in [2.45, 2.75) is 62.4 Å². The summed E-state index contributed by atoms with van der Waals surface area (Å²) in [6, 6.07) is 3.60. The molecular formula is C26H30ClFN6O2. The lowest BCUT2D eigenvalue weighted by Gasteiger charge is -2.61. The lowest BCUT2D eigenvalue weighted by Crippen LogP contribution is -2.60. The molecule has 0 radical (unpaired) electrons. The Morgan fingerprint density at radius 3 is 2.75 bits per heavy atom. The molecule has 5 fully saturated rings. The zero-order chi connectivity index (χ0) is 24.6. The van der Waals surface area contributed by atoms with Crippen molar-refractivity contribution in [3.8, 4) is 0 Å². The number of rotatable bonds is 5. The van der Waals surface area contributed by atoms with Crippen molar-refractivity contribution in [3.63, 3.8) is 0 Å². The number of hydrogen-bond acceptors (Lipinski definition) is 7. The van der Waals surface area contributed by atoms with Crippen LogP contribution in [0, 0.1) is 12.8 Å². The molecule has 190 valence electrons. The summed E-state index contributed by atoms with van der Waals surface area (Å²) in [4.78, 5) is 11.2. The summed E-state index contributed by atoms with van der Waals surface area (Å²) in [5.41, 5.74) is 3.73. The zero-order valence-electron chi connectivity index (χ0n) is 20.2. The van der Waals surface area contributed by atoms with Crippen LogP contribution in [0.4, 0.5) is 16.0 Å². The molecule has 3 aliphatic carbocycles.